The van der Waals surface area contributed by atoms with E-state index in [4.69, 9.17) is 4.74 Å². The lowest BCUT2D eigenvalue weighted by Gasteiger charge is -2.10. The van der Waals surface area contributed by atoms with Crippen LogP contribution in [0.15, 0.2) is 35.4 Å². The van der Waals surface area contributed by atoms with Crippen LogP contribution in [0.3, 0.4) is 0 Å². The number of aromatic nitrogens is 2. The predicted molar refractivity (Wildman–Crippen MR) is 75.2 cm³/mol. The van der Waals surface area contributed by atoms with Gasteiger partial charge in [-0.25, -0.2) is 13.1 Å². The molecule has 0 atom stereocenters. The standard InChI is InChI=1S/C13H17N3O3S/c1-10-9-12(19-2)3-4-13(10)20(17,18)15-8-6-11-5-7-14-16-11/h3-5,7,9,15H,6,8H2,1-2H3,(H,14,16). The van der Waals surface area contributed by atoms with Crippen LogP contribution >= 0.6 is 0 Å². The van der Waals surface area contributed by atoms with Crippen molar-refractivity contribution < 1.29 is 13.2 Å². The first-order valence-corrected chi connectivity index (χ1v) is 7.64. The highest BCUT2D eigenvalue weighted by atomic mass is 32.2. The van der Waals surface area contributed by atoms with Crippen molar-refractivity contribution in [2.24, 2.45) is 0 Å². The van der Waals surface area contributed by atoms with E-state index in [1.165, 1.54) is 0 Å². The van der Waals surface area contributed by atoms with E-state index in [0.29, 0.717) is 24.3 Å². The molecule has 0 fully saturated rings. The molecule has 2 N–H and O–H groups in total. The van der Waals surface area contributed by atoms with Crippen molar-refractivity contribution in [2.45, 2.75) is 18.2 Å². The van der Waals surface area contributed by atoms with Gasteiger partial charge in [-0.05, 0) is 36.8 Å². The van der Waals surface area contributed by atoms with Crippen molar-refractivity contribution in [2.75, 3.05) is 13.7 Å². The second-order valence-corrected chi connectivity index (χ2v) is 6.10. The number of methoxy groups -OCH3 is 1. The molecule has 0 aliphatic carbocycles. The Morgan fingerprint density at radius 3 is 2.75 bits per heavy atom. The minimum Gasteiger partial charge on any atom is -0.497 e. The number of hydrogen-bond donors (Lipinski definition) is 2. The molecule has 1 aromatic heterocycles. The monoisotopic (exact) mass is 295 g/mol. The van der Waals surface area contributed by atoms with Crippen LogP contribution in [-0.2, 0) is 16.4 Å². The Balaban J connectivity index is 2.06. The topological polar surface area (TPSA) is 84.1 Å². The van der Waals surface area contributed by atoms with Crippen molar-refractivity contribution in [3.05, 3.63) is 41.7 Å². The van der Waals surface area contributed by atoms with E-state index in [9.17, 15) is 8.42 Å². The van der Waals surface area contributed by atoms with Gasteiger partial charge in [0.25, 0.3) is 0 Å². The zero-order valence-electron chi connectivity index (χ0n) is 11.4. The molecule has 0 amide bonds. The second kappa shape index (κ2) is 6.06. The summed E-state index contributed by atoms with van der Waals surface area (Å²) in [4.78, 5) is 0.267. The van der Waals surface area contributed by atoms with Crippen LogP contribution in [0.1, 0.15) is 11.3 Å². The highest BCUT2D eigenvalue weighted by molar-refractivity contribution is 7.89. The summed E-state index contributed by atoms with van der Waals surface area (Å²) in [6.45, 7) is 2.06. The normalized spacial score (nSPS) is 11.5. The van der Waals surface area contributed by atoms with Crippen molar-refractivity contribution in [3.63, 3.8) is 0 Å². The summed E-state index contributed by atoms with van der Waals surface area (Å²) in [5.74, 6) is 0.638. The summed E-state index contributed by atoms with van der Waals surface area (Å²) in [6, 6.07) is 6.69. The summed E-state index contributed by atoms with van der Waals surface area (Å²) in [5.41, 5.74) is 1.54. The van der Waals surface area contributed by atoms with E-state index in [2.05, 4.69) is 14.9 Å². The van der Waals surface area contributed by atoms with Crippen LogP contribution in [0.4, 0.5) is 0 Å². The van der Waals surface area contributed by atoms with Crippen LogP contribution in [0.2, 0.25) is 0 Å². The van der Waals surface area contributed by atoms with Crippen LogP contribution in [0, 0.1) is 6.92 Å². The molecule has 2 aromatic rings. The molecule has 7 heteroatoms. The number of ether oxygens (including phenoxy) is 1. The summed E-state index contributed by atoms with van der Waals surface area (Å²) in [5, 5.41) is 6.60. The molecule has 0 saturated heterocycles. The molecule has 0 spiro atoms. The fraction of sp³-hybridized carbons (Fsp3) is 0.308. The van der Waals surface area contributed by atoms with Crippen LogP contribution < -0.4 is 9.46 Å². The first-order chi connectivity index (χ1) is 9.53. The Kier molecular flexibility index (Phi) is 4.41. The molecule has 0 radical (unpaired) electrons. The number of H-pyrrole nitrogens is 1. The number of benzene rings is 1. The van der Waals surface area contributed by atoms with E-state index < -0.39 is 10.0 Å². The molecule has 1 heterocycles. The van der Waals surface area contributed by atoms with Crippen molar-refractivity contribution in [1.82, 2.24) is 14.9 Å². The summed E-state index contributed by atoms with van der Waals surface area (Å²) < 4.78 is 32.0. The Hall–Kier alpha value is -1.86. The van der Waals surface area contributed by atoms with Gasteiger partial charge in [0.15, 0.2) is 0 Å². The van der Waals surface area contributed by atoms with Crippen molar-refractivity contribution >= 4 is 10.0 Å². The highest BCUT2D eigenvalue weighted by Gasteiger charge is 2.16. The van der Waals surface area contributed by atoms with Gasteiger partial charge < -0.3 is 4.74 Å². The van der Waals surface area contributed by atoms with Gasteiger partial charge in [0.1, 0.15) is 5.75 Å². The quantitative estimate of drug-likeness (QED) is 0.840. The van der Waals surface area contributed by atoms with E-state index in [0.717, 1.165) is 5.69 Å². The van der Waals surface area contributed by atoms with Gasteiger partial charge in [-0.1, -0.05) is 0 Å². The third-order valence-electron chi connectivity index (χ3n) is 2.92. The van der Waals surface area contributed by atoms with Gasteiger partial charge in [-0.2, -0.15) is 5.10 Å². The maximum absolute atomic E-state index is 12.2. The Morgan fingerprint density at radius 2 is 2.15 bits per heavy atom. The molecular formula is C13H17N3O3S. The summed E-state index contributed by atoms with van der Waals surface area (Å²) in [6.07, 6.45) is 2.20. The van der Waals surface area contributed by atoms with Gasteiger partial charge in [0, 0.05) is 24.9 Å². The van der Waals surface area contributed by atoms with E-state index >= 15 is 0 Å². The average molecular weight is 295 g/mol. The van der Waals surface area contributed by atoms with Gasteiger partial charge in [0.05, 0.1) is 12.0 Å². The van der Waals surface area contributed by atoms with Crippen LogP contribution in [0.25, 0.3) is 0 Å². The smallest absolute Gasteiger partial charge is 0.240 e. The maximum Gasteiger partial charge on any atom is 0.240 e. The molecule has 2 rings (SSSR count). The fourth-order valence-electron chi connectivity index (χ4n) is 1.87. The van der Waals surface area contributed by atoms with Crippen LogP contribution in [-0.4, -0.2) is 32.3 Å². The lowest BCUT2D eigenvalue weighted by molar-refractivity contribution is 0.414. The third kappa shape index (κ3) is 3.37. The Morgan fingerprint density at radius 1 is 1.35 bits per heavy atom. The van der Waals surface area contributed by atoms with Gasteiger partial charge in [-0.3, -0.25) is 5.10 Å². The average Bonchev–Trinajstić information content (AvgIpc) is 2.91. The maximum atomic E-state index is 12.2. The third-order valence-corrected chi connectivity index (χ3v) is 4.54. The van der Waals surface area contributed by atoms with Crippen LogP contribution in [0.5, 0.6) is 5.75 Å². The van der Waals surface area contributed by atoms with Crippen molar-refractivity contribution in [3.8, 4) is 5.75 Å². The summed E-state index contributed by atoms with van der Waals surface area (Å²) >= 11 is 0. The fourth-order valence-corrected chi connectivity index (χ4v) is 3.13. The van der Waals surface area contributed by atoms with Gasteiger partial charge in [-0.15, -0.1) is 0 Å². The highest BCUT2D eigenvalue weighted by Crippen LogP contribution is 2.20. The number of nitrogens with zero attached hydrogens (tertiary/aromatic N) is 1. The molecule has 0 aliphatic rings. The number of sulfonamides is 1. The summed E-state index contributed by atoms with van der Waals surface area (Å²) in [7, 11) is -1.96. The number of aryl methyl sites for hydroxylation is 1. The molecule has 0 saturated carbocycles. The SMILES string of the molecule is COc1ccc(S(=O)(=O)NCCc2ccn[nH]2)c(C)c1. The number of rotatable bonds is 6. The van der Waals surface area contributed by atoms with E-state index in [1.54, 1.807) is 38.4 Å². The van der Waals surface area contributed by atoms with E-state index in [1.807, 2.05) is 6.07 Å². The molecule has 108 valence electrons. The predicted octanol–water partition coefficient (Wildman–Crippen LogP) is 1.25. The number of hydrogen-bond acceptors (Lipinski definition) is 4. The zero-order valence-corrected chi connectivity index (χ0v) is 12.2. The molecule has 0 unspecified atom stereocenters. The van der Waals surface area contributed by atoms with Gasteiger partial charge >= 0.3 is 0 Å². The second-order valence-electron chi connectivity index (χ2n) is 4.36. The largest absolute Gasteiger partial charge is 0.497 e. The molecule has 6 nitrogen and oxygen atoms in total. The minimum atomic E-state index is -3.51. The molecular weight excluding hydrogens is 278 g/mol. The lowest BCUT2D eigenvalue weighted by Crippen LogP contribution is -2.26. The van der Waals surface area contributed by atoms with E-state index in [-0.39, 0.29) is 4.90 Å². The molecule has 1 aromatic carbocycles. The van der Waals surface area contributed by atoms with Crippen molar-refractivity contribution in [1.29, 1.82) is 0 Å². The first kappa shape index (κ1) is 14.5. The Labute approximate surface area is 118 Å². The Bertz CT molecular complexity index is 666. The number of nitrogens with one attached hydrogen (secondary N) is 2. The first-order valence-electron chi connectivity index (χ1n) is 6.15. The molecule has 20 heavy (non-hydrogen) atoms. The minimum absolute atomic E-state index is 0.267. The lowest BCUT2D eigenvalue weighted by atomic mass is 10.2. The molecule has 0 aliphatic heterocycles. The van der Waals surface area contributed by atoms with Gasteiger partial charge in [0.2, 0.25) is 10.0 Å². The molecule has 0 bridgehead atoms. The zero-order chi connectivity index (χ0) is 14.6. The number of aromatic amines is 1.